The van der Waals surface area contributed by atoms with E-state index in [1.54, 1.807) is 0 Å². The summed E-state index contributed by atoms with van der Waals surface area (Å²) in [4.78, 5) is 15.6. The van der Waals surface area contributed by atoms with Crippen LogP contribution < -0.4 is 10.6 Å². The molecule has 5 heteroatoms. The number of hydrogen-bond acceptors (Lipinski definition) is 3. The maximum absolute atomic E-state index is 11.3. The molecule has 2 saturated heterocycles. The van der Waals surface area contributed by atoms with Crippen LogP contribution in [0.2, 0.25) is 0 Å². The molecule has 2 amide bonds. The number of carbonyl (C=O) groups is 1. The molecular weight excluding hydrogens is 204 g/mol. The Balaban J connectivity index is 1.70. The second kappa shape index (κ2) is 5.50. The van der Waals surface area contributed by atoms with E-state index in [0.717, 1.165) is 39.3 Å². The third kappa shape index (κ3) is 2.86. The first-order valence-electron chi connectivity index (χ1n) is 6.21. The maximum atomic E-state index is 11.3. The Kier molecular flexibility index (Phi) is 4.01. The lowest BCUT2D eigenvalue weighted by Crippen LogP contribution is -2.44. The molecular formula is C11H22N4O. The van der Waals surface area contributed by atoms with Gasteiger partial charge in [0.25, 0.3) is 0 Å². The van der Waals surface area contributed by atoms with Gasteiger partial charge in [-0.2, -0.15) is 0 Å². The molecule has 0 aliphatic carbocycles. The highest BCUT2D eigenvalue weighted by Gasteiger charge is 2.22. The van der Waals surface area contributed by atoms with E-state index in [0.29, 0.717) is 6.04 Å². The second-order valence-electron chi connectivity index (χ2n) is 4.68. The molecule has 0 aromatic heterocycles. The van der Waals surface area contributed by atoms with Crippen molar-refractivity contribution in [1.29, 1.82) is 0 Å². The van der Waals surface area contributed by atoms with Crippen molar-refractivity contribution in [3.63, 3.8) is 0 Å². The zero-order chi connectivity index (χ0) is 11.4. The number of carbonyl (C=O) groups excluding carboxylic acids is 1. The van der Waals surface area contributed by atoms with Gasteiger partial charge in [0, 0.05) is 32.2 Å². The molecule has 16 heavy (non-hydrogen) atoms. The van der Waals surface area contributed by atoms with E-state index in [9.17, 15) is 4.79 Å². The molecule has 2 heterocycles. The van der Waals surface area contributed by atoms with Crippen molar-refractivity contribution in [2.45, 2.75) is 18.9 Å². The molecule has 2 aliphatic heterocycles. The van der Waals surface area contributed by atoms with E-state index >= 15 is 0 Å². The lowest BCUT2D eigenvalue weighted by Gasteiger charge is -2.32. The largest absolute Gasteiger partial charge is 0.336 e. The number of nitrogens with zero attached hydrogens (tertiary/aromatic N) is 2. The highest BCUT2D eigenvalue weighted by atomic mass is 16.2. The van der Waals surface area contributed by atoms with Crippen LogP contribution in [0, 0.1) is 0 Å². The van der Waals surface area contributed by atoms with Gasteiger partial charge in [-0.1, -0.05) is 0 Å². The van der Waals surface area contributed by atoms with Gasteiger partial charge in [0.1, 0.15) is 0 Å². The number of hydrogen-bond donors (Lipinski definition) is 2. The van der Waals surface area contributed by atoms with Crippen molar-refractivity contribution >= 4 is 6.03 Å². The van der Waals surface area contributed by atoms with Crippen molar-refractivity contribution in [2.24, 2.45) is 0 Å². The SMILES string of the molecule is CN(CCN1CCNC1=O)C1CCNCC1. The van der Waals surface area contributed by atoms with Crippen LogP contribution in [-0.4, -0.2) is 68.2 Å². The van der Waals surface area contributed by atoms with E-state index in [2.05, 4.69) is 22.6 Å². The zero-order valence-corrected chi connectivity index (χ0v) is 10.0. The Bertz CT molecular complexity index is 240. The number of rotatable bonds is 4. The first kappa shape index (κ1) is 11.7. The Morgan fingerprint density at radius 1 is 1.38 bits per heavy atom. The van der Waals surface area contributed by atoms with Gasteiger partial charge in [-0.3, -0.25) is 0 Å². The fourth-order valence-corrected chi connectivity index (χ4v) is 2.43. The van der Waals surface area contributed by atoms with Crippen molar-refractivity contribution in [3.05, 3.63) is 0 Å². The summed E-state index contributed by atoms with van der Waals surface area (Å²) in [6.45, 7) is 5.75. The quantitative estimate of drug-likeness (QED) is 0.691. The summed E-state index contributed by atoms with van der Waals surface area (Å²) >= 11 is 0. The van der Waals surface area contributed by atoms with E-state index in [-0.39, 0.29) is 6.03 Å². The van der Waals surface area contributed by atoms with Gasteiger partial charge in [0.2, 0.25) is 0 Å². The Morgan fingerprint density at radius 2 is 2.12 bits per heavy atom. The average Bonchev–Trinajstić information content (AvgIpc) is 2.73. The zero-order valence-electron chi connectivity index (χ0n) is 10.0. The smallest absolute Gasteiger partial charge is 0.317 e. The molecule has 0 saturated carbocycles. The van der Waals surface area contributed by atoms with Gasteiger partial charge >= 0.3 is 6.03 Å². The molecule has 92 valence electrons. The second-order valence-corrected chi connectivity index (χ2v) is 4.68. The molecule has 2 fully saturated rings. The first-order chi connectivity index (χ1) is 7.77. The van der Waals surface area contributed by atoms with Crippen molar-refractivity contribution < 1.29 is 4.79 Å². The summed E-state index contributed by atoms with van der Waals surface area (Å²) in [5.41, 5.74) is 0. The molecule has 0 spiro atoms. The number of likely N-dealkylation sites (N-methyl/N-ethyl adjacent to an activating group) is 1. The third-order valence-electron chi connectivity index (χ3n) is 3.60. The van der Waals surface area contributed by atoms with Crippen LogP contribution in [0.25, 0.3) is 0 Å². The number of amides is 2. The Hall–Kier alpha value is -0.810. The van der Waals surface area contributed by atoms with E-state index in [1.807, 2.05) is 4.90 Å². The summed E-state index contributed by atoms with van der Waals surface area (Å²) in [6, 6.07) is 0.783. The maximum Gasteiger partial charge on any atom is 0.317 e. The molecule has 2 aliphatic rings. The van der Waals surface area contributed by atoms with E-state index in [1.165, 1.54) is 12.8 Å². The van der Waals surface area contributed by atoms with Crippen LogP contribution in [0.3, 0.4) is 0 Å². The molecule has 0 radical (unpaired) electrons. The van der Waals surface area contributed by atoms with Crippen LogP contribution in [0.4, 0.5) is 4.79 Å². The first-order valence-corrected chi connectivity index (χ1v) is 6.21. The fourth-order valence-electron chi connectivity index (χ4n) is 2.43. The van der Waals surface area contributed by atoms with Gasteiger partial charge in [-0.05, 0) is 33.0 Å². The summed E-state index contributed by atoms with van der Waals surface area (Å²) in [6.07, 6.45) is 2.45. The van der Waals surface area contributed by atoms with Crippen molar-refractivity contribution in [3.8, 4) is 0 Å². The fraction of sp³-hybridized carbons (Fsp3) is 0.909. The van der Waals surface area contributed by atoms with Crippen LogP contribution >= 0.6 is 0 Å². The summed E-state index contributed by atoms with van der Waals surface area (Å²) in [7, 11) is 2.17. The lowest BCUT2D eigenvalue weighted by molar-refractivity contribution is 0.173. The normalized spacial score (nSPS) is 22.9. The molecule has 2 N–H and O–H groups in total. The molecule has 0 aromatic rings. The summed E-state index contributed by atoms with van der Waals surface area (Å²) in [5.74, 6) is 0. The van der Waals surface area contributed by atoms with Gasteiger partial charge in [-0.15, -0.1) is 0 Å². The molecule has 2 rings (SSSR count). The average molecular weight is 226 g/mol. The third-order valence-corrected chi connectivity index (χ3v) is 3.60. The summed E-state index contributed by atoms with van der Waals surface area (Å²) < 4.78 is 0. The van der Waals surface area contributed by atoms with Crippen LogP contribution in [0.5, 0.6) is 0 Å². The number of nitrogens with one attached hydrogen (secondary N) is 2. The monoisotopic (exact) mass is 226 g/mol. The molecule has 5 nitrogen and oxygen atoms in total. The van der Waals surface area contributed by atoms with Gasteiger partial charge in [-0.25, -0.2) is 4.79 Å². The minimum absolute atomic E-state index is 0.0960. The molecule has 0 atom stereocenters. The highest BCUT2D eigenvalue weighted by molar-refractivity contribution is 5.76. The van der Waals surface area contributed by atoms with E-state index in [4.69, 9.17) is 0 Å². The predicted octanol–water partition coefficient (Wildman–Crippen LogP) is -0.305. The Labute approximate surface area is 97.2 Å². The number of urea groups is 1. The van der Waals surface area contributed by atoms with E-state index < -0.39 is 0 Å². The molecule has 0 unspecified atom stereocenters. The topological polar surface area (TPSA) is 47.6 Å². The van der Waals surface area contributed by atoms with Crippen molar-refractivity contribution in [2.75, 3.05) is 46.3 Å². The molecule has 0 bridgehead atoms. The standard InChI is InChI=1S/C11H22N4O/c1-14(10-2-4-12-5-3-10)8-9-15-7-6-13-11(15)16/h10,12H,2-9H2,1H3,(H,13,16). The minimum atomic E-state index is 0.0960. The van der Waals surface area contributed by atoms with Crippen LogP contribution in [0.1, 0.15) is 12.8 Å². The summed E-state index contributed by atoms with van der Waals surface area (Å²) in [5, 5.41) is 6.20. The molecule has 0 aromatic carbocycles. The minimum Gasteiger partial charge on any atom is -0.336 e. The number of piperidine rings is 1. The van der Waals surface area contributed by atoms with Crippen LogP contribution in [0.15, 0.2) is 0 Å². The predicted molar refractivity (Wildman–Crippen MR) is 63.5 cm³/mol. The van der Waals surface area contributed by atoms with Gasteiger partial charge < -0.3 is 20.4 Å². The van der Waals surface area contributed by atoms with Crippen LogP contribution in [-0.2, 0) is 0 Å². The van der Waals surface area contributed by atoms with Gasteiger partial charge in [0.05, 0.1) is 0 Å². The lowest BCUT2D eigenvalue weighted by atomic mass is 10.1. The Morgan fingerprint density at radius 3 is 2.75 bits per heavy atom. The highest BCUT2D eigenvalue weighted by Crippen LogP contribution is 2.09. The van der Waals surface area contributed by atoms with Crippen molar-refractivity contribution in [1.82, 2.24) is 20.4 Å². The van der Waals surface area contributed by atoms with Gasteiger partial charge in [0.15, 0.2) is 0 Å².